The number of carbonyl (C=O) groups excluding carboxylic acids is 2. The number of rotatable bonds is 3. The van der Waals surface area contributed by atoms with Crippen LogP contribution in [0.25, 0.3) is 0 Å². The minimum Gasteiger partial charge on any atom is -0.351 e. The van der Waals surface area contributed by atoms with Gasteiger partial charge in [-0.15, -0.1) is 0 Å². The Kier molecular flexibility index (Phi) is 5.39. The summed E-state index contributed by atoms with van der Waals surface area (Å²) in [5, 5.41) is 10.3. The molecule has 0 unspecified atom stereocenters. The molecule has 1 aromatic heterocycles. The molecule has 29 heavy (non-hydrogen) atoms. The zero-order chi connectivity index (χ0) is 20.5. The van der Waals surface area contributed by atoms with Crippen LogP contribution < -0.4 is 5.32 Å². The second-order valence-corrected chi connectivity index (χ2v) is 8.39. The highest BCUT2D eigenvalue weighted by Crippen LogP contribution is 2.36. The Morgan fingerprint density at radius 3 is 2.83 bits per heavy atom. The maximum absolute atomic E-state index is 13.9. The predicted molar refractivity (Wildman–Crippen MR) is 107 cm³/mol. The molecule has 2 aromatic rings. The number of halogens is 1. The van der Waals surface area contributed by atoms with E-state index in [0.717, 1.165) is 30.5 Å². The first kappa shape index (κ1) is 19.6. The lowest BCUT2D eigenvalue weighted by Gasteiger charge is -2.30. The monoisotopic (exact) mass is 398 g/mol. The highest BCUT2D eigenvalue weighted by atomic mass is 19.1. The second kappa shape index (κ2) is 7.97. The summed E-state index contributed by atoms with van der Waals surface area (Å²) >= 11 is 0. The molecule has 0 aliphatic carbocycles. The van der Waals surface area contributed by atoms with E-state index in [1.54, 1.807) is 12.1 Å². The van der Waals surface area contributed by atoms with Crippen LogP contribution in [0.15, 0.2) is 30.3 Å². The van der Waals surface area contributed by atoms with Gasteiger partial charge in [0, 0.05) is 24.6 Å². The molecular weight excluding hydrogens is 371 g/mol. The summed E-state index contributed by atoms with van der Waals surface area (Å²) in [4.78, 5) is 27.5. The summed E-state index contributed by atoms with van der Waals surface area (Å²) in [6.07, 6.45) is 2.99. The van der Waals surface area contributed by atoms with Crippen molar-refractivity contribution in [2.75, 3.05) is 6.54 Å². The van der Waals surface area contributed by atoms with Crippen LogP contribution in [0.5, 0.6) is 0 Å². The van der Waals surface area contributed by atoms with Gasteiger partial charge in [0.15, 0.2) is 0 Å². The third-order valence-electron chi connectivity index (χ3n) is 6.10. The molecule has 6 nitrogen and oxygen atoms in total. The van der Waals surface area contributed by atoms with Gasteiger partial charge in [-0.1, -0.05) is 32.4 Å². The zero-order valence-corrected chi connectivity index (χ0v) is 16.8. The van der Waals surface area contributed by atoms with Crippen molar-refractivity contribution in [1.82, 2.24) is 20.4 Å². The lowest BCUT2D eigenvalue weighted by molar-refractivity contribution is -0.122. The van der Waals surface area contributed by atoms with Crippen molar-refractivity contribution in [1.29, 1.82) is 0 Å². The van der Waals surface area contributed by atoms with Gasteiger partial charge in [-0.25, -0.2) is 4.39 Å². The predicted octanol–water partition coefficient (Wildman–Crippen LogP) is 3.34. The molecule has 4 rings (SSSR count). The second-order valence-electron chi connectivity index (χ2n) is 8.39. The molecule has 0 saturated carbocycles. The summed E-state index contributed by atoms with van der Waals surface area (Å²) in [5.41, 5.74) is 2.11. The average Bonchev–Trinajstić information content (AvgIpc) is 3.29. The number of aromatic nitrogens is 2. The molecular formula is C22H27FN4O2. The van der Waals surface area contributed by atoms with E-state index in [2.05, 4.69) is 15.5 Å². The number of hydrogen-bond donors (Lipinski definition) is 2. The minimum atomic E-state index is -0.310. The third kappa shape index (κ3) is 3.91. The number of H-pyrrole nitrogens is 1. The molecule has 2 saturated heterocycles. The lowest BCUT2D eigenvalue weighted by atomic mass is 9.88. The van der Waals surface area contributed by atoms with Crippen LogP contribution in [-0.4, -0.2) is 45.5 Å². The van der Waals surface area contributed by atoms with Crippen molar-refractivity contribution < 1.29 is 14.0 Å². The summed E-state index contributed by atoms with van der Waals surface area (Å²) in [7, 11) is 0. The number of amides is 2. The summed E-state index contributed by atoms with van der Waals surface area (Å²) in [5.74, 6) is -0.356. The smallest absolute Gasteiger partial charge is 0.274 e. The van der Waals surface area contributed by atoms with Gasteiger partial charge in [0.1, 0.15) is 11.5 Å². The Hall–Kier alpha value is -2.70. The van der Waals surface area contributed by atoms with E-state index in [4.69, 9.17) is 0 Å². The van der Waals surface area contributed by atoms with Crippen molar-refractivity contribution >= 4 is 11.8 Å². The lowest BCUT2D eigenvalue weighted by Crippen LogP contribution is -2.48. The Bertz CT molecular complexity index is 910. The van der Waals surface area contributed by atoms with Crippen molar-refractivity contribution in [3.63, 3.8) is 0 Å². The van der Waals surface area contributed by atoms with Crippen LogP contribution in [-0.2, 0) is 4.79 Å². The van der Waals surface area contributed by atoms with Crippen LogP contribution >= 0.6 is 0 Å². The molecule has 2 aliphatic heterocycles. The quantitative estimate of drug-likeness (QED) is 0.832. The topological polar surface area (TPSA) is 78.1 Å². The molecule has 3 heterocycles. The van der Waals surface area contributed by atoms with E-state index in [0.29, 0.717) is 18.7 Å². The number of nitrogens with zero attached hydrogens (tertiary/aromatic N) is 2. The first-order valence-electron chi connectivity index (χ1n) is 10.3. The standard InChI is InChI=1S/C22H27FN4O2/c1-13(2)17-11-18(26-25-17)22(29)27-12-16(14-6-5-7-15(23)10-14)21-19(27)8-3-4-9-20(28)24-21/h5-7,10-11,13,16,19,21H,3-4,8-9,12H2,1-2H3,(H,24,28)(H,25,26)/t16-,19+,21-/m0/s1. The normalized spacial score (nSPS) is 24.8. The number of benzene rings is 1. The minimum absolute atomic E-state index is 0.00253. The van der Waals surface area contributed by atoms with Gasteiger partial charge >= 0.3 is 0 Å². The van der Waals surface area contributed by atoms with Gasteiger partial charge in [0.2, 0.25) is 5.91 Å². The van der Waals surface area contributed by atoms with Gasteiger partial charge in [-0.2, -0.15) is 5.10 Å². The zero-order valence-electron chi connectivity index (χ0n) is 16.8. The van der Waals surface area contributed by atoms with E-state index < -0.39 is 0 Å². The fraction of sp³-hybridized carbons (Fsp3) is 0.500. The highest BCUT2D eigenvalue weighted by molar-refractivity contribution is 5.93. The summed E-state index contributed by atoms with van der Waals surface area (Å²) in [6, 6.07) is 7.92. The van der Waals surface area contributed by atoms with Crippen LogP contribution in [0.2, 0.25) is 0 Å². The molecule has 0 bridgehead atoms. The Morgan fingerprint density at radius 2 is 2.10 bits per heavy atom. The molecule has 3 atom stereocenters. The maximum atomic E-state index is 13.9. The average molecular weight is 398 g/mol. The largest absolute Gasteiger partial charge is 0.351 e. The van der Waals surface area contributed by atoms with E-state index in [-0.39, 0.29) is 41.6 Å². The van der Waals surface area contributed by atoms with Crippen molar-refractivity contribution in [3.05, 3.63) is 53.1 Å². The SMILES string of the molecule is CC(C)c1cc(C(=O)N2C[C@@H](c3cccc(F)c3)[C@@H]3NC(=O)CCCC[C@H]32)n[nH]1. The molecule has 1 aromatic carbocycles. The number of aromatic amines is 1. The van der Waals surface area contributed by atoms with E-state index >= 15 is 0 Å². The number of carbonyl (C=O) groups is 2. The Labute approximate surface area is 169 Å². The number of fused-ring (bicyclic) bond motifs is 1. The molecule has 0 spiro atoms. The highest BCUT2D eigenvalue weighted by Gasteiger charge is 2.46. The molecule has 7 heteroatoms. The van der Waals surface area contributed by atoms with Gasteiger partial charge in [-0.3, -0.25) is 14.7 Å². The molecule has 2 aliphatic rings. The first-order valence-corrected chi connectivity index (χ1v) is 10.3. The number of nitrogens with one attached hydrogen (secondary N) is 2. The Balaban J connectivity index is 1.67. The molecule has 2 fully saturated rings. The van der Waals surface area contributed by atoms with Crippen molar-refractivity contribution in [2.45, 2.75) is 63.5 Å². The fourth-order valence-corrected chi connectivity index (χ4v) is 4.52. The third-order valence-corrected chi connectivity index (χ3v) is 6.10. The Morgan fingerprint density at radius 1 is 1.28 bits per heavy atom. The van der Waals surface area contributed by atoms with Crippen LogP contribution in [0.3, 0.4) is 0 Å². The maximum Gasteiger partial charge on any atom is 0.274 e. The van der Waals surface area contributed by atoms with Crippen LogP contribution in [0, 0.1) is 5.82 Å². The van der Waals surface area contributed by atoms with E-state index in [1.807, 2.05) is 24.8 Å². The summed E-state index contributed by atoms with van der Waals surface area (Å²) in [6.45, 7) is 4.51. The molecule has 154 valence electrons. The number of hydrogen-bond acceptors (Lipinski definition) is 3. The first-order chi connectivity index (χ1) is 13.9. The molecule has 0 radical (unpaired) electrons. The van der Waals surface area contributed by atoms with Gasteiger partial charge in [-0.05, 0) is 42.5 Å². The van der Waals surface area contributed by atoms with Crippen LogP contribution in [0.1, 0.15) is 73.1 Å². The van der Waals surface area contributed by atoms with E-state index in [9.17, 15) is 14.0 Å². The molecule has 2 amide bonds. The number of likely N-dealkylation sites (tertiary alicyclic amines) is 1. The van der Waals surface area contributed by atoms with Crippen molar-refractivity contribution in [3.8, 4) is 0 Å². The summed E-state index contributed by atoms with van der Waals surface area (Å²) < 4.78 is 13.9. The van der Waals surface area contributed by atoms with Crippen LogP contribution in [0.4, 0.5) is 4.39 Å². The van der Waals surface area contributed by atoms with Gasteiger partial charge in [0.25, 0.3) is 5.91 Å². The van der Waals surface area contributed by atoms with E-state index in [1.165, 1.54) is 12.1 Å². The fourth-order valence-electron chi connectivity index (χ4n) is 4.52. The van der Waals surface area contributed by atoms with Crippen molar-refractivity contribution in [2.24, 2.45) is 0 Å². The molecule has 2 N–H and O–H groups in total. The van der Waals surface area contributed by atoms with Gasteiger partial charge in [0.05, 0.1) is 12.1 Å². The van der Waals surface area contributed by atoms with Gasteiger partial charge < -0.3 is 10.2 Å².